The first-order valence-electron chi connectivity index (χ1n) is 14.4. The van der Waals surface area contributed by atoms with Gasteiger partial charge in [0.05, 0.1) is 18.3 Å². The van der Waals surface area contributed by atoms with Gasteiger partial charge in [-0.3, -0.25) is 0 Å². The summed E-state index contributed by atoms with van der Waals surface area (Å²) in [7, 11) is -4.76. The lowest BCUT2D eigenvalue weighted by molar-refractivity contribution is -0.155. The van der Waals surface area contributed by atoms with Crippen LogP contribution in [0.2, 0.25) is 58.9 Å². The predicted octanol–water partition coefficient (Wildman–Crippen LogP) is 8.30. The molecule has 34 heavy (non-hydrogen) atoms. The summed E-state index contributed by atoms with van der Waals surface area (Å²) in [4.78, 5) is 0. The monoisotopic (exact) mass is 524 g/mol. The van der Waals surface area contributed by atoms with E-state index in [-0.39, 0.29) is 0 Å². The van der Waals surface area contributed by atoms with Gasteiger partial charge in [-0.05, 0) is 145 Å². The van der Waals surface area contributed by atoms with E-state index in [0.717, 1.165) is 23.7 Å². The fourth-order valence-corrected chi connectivity index (χ4v) is 12.5. The smallest absolute Gasteiger partial charge is 0.184 e. The average Bonchev–Trinajstić information content (AvgIpc) is 2.95. The van der Waals surface area contributed by atoms with E-state index in [2.05, 4.69) is 72.8 Å². The van der Waals surface area contributed by atoms with E-state index in [0.29, 0.717) is 29.1 Å². The molecule has 0 amide bonds. The molecule has 0 bridgehead atoms. The molecule has 4 aliphatic carbocycles. The Labute approximate surface area is 214 Å². The van der Waals surface area contributed by atoms with Crippen LogP contribution in [0.25, 0.3) is 0 Å². The lowest BCUT2D eigenvalue weighted by atomic mass is 9.45. The number of rotatable bonds is 6. The fourth-order valence-electron chi connectivity index (χ4n) is 8.96. The molecule has 0 N–H and O–H groups in total. The van der Waals surface area contributed by atoms with E-state index in [4.69, 9.17) is 13.3 Å². The van der Waals surface area contributed by atoms with Crippen molar-refractivity contribution < 1.29 is 13.3 Å². The van der Waals surface area contributed by atoms with Crippen LogP contribution in [0.4, 0.5) is 0 Å². The molecular formula is C28H56O3Si3. The Balaban J connectivity index is 1.57. The average molecular weight is 525 g/mol. The van der Waals surface area contributed by atoms with Gasteiger partial charge in [-0.1, -0.05) is 13.8 Å². The molecule has 9 atom stereocenters. The standard InChI is InChI=1S/C28H56O3Si3/c1-27-17-16-23-21(22(27)14-15-26(27)31-34(9,10)11)13-12-20-18-24(29-32(3,4)5)25(19-28(20,23)2)30-33(6,7)8/h20-26H,12-19H2,1-11H3/t20-,21?,22?,23?,24-,25+,26-,27-,28-/m0/s1. The zero-order chi connectivity index (χ0) is 25.3. The Morgan fingerprint density at radius 2 is 1.15 bits per heavy atom. The highest BCUT2D eigenvalue weighted by Crippen LogP contribution is 2.67. The molecule has 0 aliphatic heterocycles. The highest BCUT2D eigenvalue weighted by atomic mass is 28.4. The molecule has 0 heterocycles. The second-order valence-electron chi connectivity index (χ2n) is 16.0. The summed E-state index contributed by atoms with van der Waals surface area (Å²) in [5.41, 5.74) is 0.808. The van der Waals surface area contributed by atoms with Gasteiger partial charge in [0.1, 0.15) is 0 Å². The second-order valence-corrected chi connectivity index (χ2v) is 29.4. The van der Waals surface area contributed by atoms with E-state index >= 15 is 0 Å². The van der Waals surface area contributed by atoms with Crippen LogP contribution in [0, 0.1) is 34.5 Å². The summed E-state index contributed by atoms with van der Waals surface area (Å²) in [6, 6.07) is 0. The Bertz CT molecular complexity index is 739. The first-order valence-corrected chi connectivity index (χ1v) is 24.7. The zero-order valence-corrected chi connectivity index (χ0v) is 27.4. The van der Waals surface area contributed by atoms with Crippen LogP contribution in [-0.2, 0) is 13.3 Å². The van der Waals surface area contributed by atoms with Crippen molar-refractivity contribution in [1.82, 2.24) is 0 Å². The maximum atomic E-state index is 6.93. The van der Waals surface area contributed by atoms with Crippen LogP contribution in [0.15, 0.2) is 0 Å². The Hall–Kier alpha value is 0.531. The van der Waals surface area contributed by atoms with Gasteiger partial charge in [-0.2, -0.15) is 0 Å². The molecule has 3 nitrogen and oxygen atoms in total. The third-order valence-corrected chi connectivity index (χ3v) is 13.1. The third kappa shape index (κ3) is 5.52. The normalized spacial score (nSPS) is 45.4. The molecule has 4 saturated carbocycles. The van der Waals surface area contributed by atoms with Gasteiger partial charge in [0.2, 0.25) is 0 Å². The minimum absolute atomic E-state index is 0.290. The molecule has 0 aromatic heterocycles. The van der Waals surface area contributed by atoms with Crippen LogP contribution in [0.5, 0.6) is 0 Å². The minimum Gasteiger partial charge on any atom is -0.414 e. The molecule has 0 saturated heterocycles. The van der Waals surface area contributed by atoms with Crippen molar-refractivity contribution in [2.75, 3.05) is 0 Å². The molecule has 4 fully saturated rings. The quantitative estimate of drug-likeness (QED) is 0.327. The van der Waals surface area contributed by atoms with Crippen molar-refractivity contribution in [3.05, 3.63) is 0 Å². The molecule has 6 heteroatoms. The maximum Gasteiger partial charge on any atom is 0.184 e. The first kappa shape index (κ1) is 27.6. The summed E-state index contributed by atoms with van der Waals surface area (Å²) in [5.74, 6) is 3.40. The lowest BCUT2D eigenvalue weighted by Gasteiger charge is -2.62. The van der Waals surface area contributed by atoms with Crippen molar-refractivity contribution in [2.45, 2.75) is 142 Å². The summed E-state index contributed by atoms with van der Waals surface area (Å²) >= 11 is 0. The largest absolute Gasteiger partial charge is 0.414 e. The van der Waals surface area contributed by atoms with Gasteiger partial charge >= 0.3 is 0 Å². The summed E-state index contributed by atoms with van der Waals surface area (Å²) in [5, 5.41) is 0. The van der Waals surface area contributed by atoms with Crippen molar-refractivity contribution in [3.8, 4) is 0 Å². The molecular weight excluding hydrogens is 469 g/mol. The summed E-state index contributed by atoms with van der Waals surface area (Å²) in [6.07, 6.45) is 11.8. The predicted molar refractivity (Wildman–Crippen MR) is 152 cm³/mol. The van der Waals surface area contributed by atoms with Gasteiger partial charge in [-0.25, -0.2) is 0 Å². The van der Waals surface area contributed by atoms with Crippen LogP contribution >= 0.6 is 0 Å². The van der Waals surface area contributed by atoms with E-state index in [1.54, 1.807) is 0 Å². The van der Waals surface area contributed by atoms with Crippen molar-refractivity contribution in [2.24, 2.45) is 34.5 Å². The van der Waals surface area contributed by atoms with Gasteiger partial charge in [-0.15, -0.1) is 0 Å². The minimum atomic E-state index is -1.64. The number of hydrogen-bond donors (Lipinski definition) is 0. The third-order valence-electron chi connectivity index (χ3n) is 10.1. The van der Waals surface area contributed by atoms with Crippen molar-refractivity contribution in [1.29, 1.82) is 0 Å². The van der Waals surface area contributed by atoms with E-state index in [9.17, 15) is 0 Å². The van der Waals surface area contributed by atoms with Crippen LogP contribution in [0.3, 0.4) is 0 Å². The molecule has 198 valence electrons. The lowest BCUT2D eigenvalue weighted by Crippen LogP contribution is -2.59. The number of hydrogen-bond acceptors (Lipinski definition) is 3. The van der Waals surface area contributed by atoms with E-state index in [1.165, 1.54) is 51.4 Å². The molecule has 0 aromatic rings. The molecule has 0 spiro atoms. The highest BCUT2D eigenvalue weighted by molar-refractivity contribution is 6.70. The maximum absolute atomic E-state index is 6.93. The molecule has 0 radical (unpaired) electrons. The first-order chi connectivity index (χ1) is 15.4. The zero-order valence-electron chi connectivity index (χ0n) is 24.4. The fraction of sp³-hybridized carbons (Fsp3) is 1.00. The number of fused-ring (bicyclic) bond motifs is 5. The molecule has 3 unspecified atom stereocenters. The molecule has 4 aliphatic rings. The summed E-state index contributed by atoms with van der Waals surface area (Å²) in [6.45, 7) is 26.5. The van der Waals surface area contributed by atoms with Crippen molar-refractivity contribution in [3.63, 3.8) is 0 Å². The summed E-state index contributed by atoms with van der Waals surface area (Å²) < 4.78 is 20.6. The SMILES string of the molecule is C[C@]12CCC3C(CC[C@H]4C[C@H](O[Si](C)(C)C)[C@H](O[Si](C)(C)C)C[C@]34C)C1CC[C@@H]2O[Si](C)(C)C. The van der Waals surface area contributed by atoms with Gasteiger partial charge in [0, 0.05) is 0 Å². The highest BCUT2D eigenvalue weighted by Gasteiger charge is 2.62. The van der Waals surface area contributed by atoms with Gasteiger partial charge < -0.3 is 13.3 Å². The van der Waals surface area contributed by atoms with E-state index in [1.807, 2.05) is 0 Å². The van der Waals surface area contributed by atoms with Gasteiger partial charge in [0.25, 0.3) is 0 Å². The van der Waals surface area contributed by atoms with Crippen molar-refractivity contribution >= 4 is 25.0 Å². The second kappa shape index (κ2) is 9.07. The van der Waals surface area contributed by atoms with Crippen LogP contribution < -0.4 is 0 Å². The van der Waals surface area contributed by atoms with Crippen LogP contribution in [-0.4, -0.2) is 43.3 Å². The molecule has 0 aromatic carbocycles. The molecule has 4 rings (SSSR count). The topological polar surface area (TPSA) is 27.7 Å². The Morgan fingerprint density at radius 3 is 1.74 bits per heavy atom. The Kier molecular flexibility index (Phi) is 7.36. The Morgan fingerprint density at radius 1 is 0.588 bits per heavy atom. The van der Waals surface area contributed by atoms with Crippen LogP contribution in [0.1, 0.15) is 65.2 Å². The van der Waals surface area contributed by atoms with E-state index < -0.39 is 25.0 Å². The van der Waals surface area contributed by atoms with Gasteiger partial charge in [0.15, 0.2) is 25.0 Å².